The summed E-state index contributed by atoms with van der Waals surface area (Å²) in [5.74, 6) is -0.178. The molecule has 0 aliphatic carbocycles. The third-order valence-corrected chi connectivity index (χ3v) is 1.25. The number of carbonyl (C=O) groups is 1. The van der Waals surface area contributed by atoms with Gasteiger partial charge in [-0.15, -0.1) is 0 Å². The van der Waals surface area contributed by atoms with Crippen LogP contribution in [0.25, 0.3) is 0 Å². The summed E-state index contributed by atoms with van der Waals surface area (Å²) in [5, 5.41) is 8.34. The largest absolute Gasteiger partial charge is 0.469 e. The van der Waals surface area contributed by atoms with Gasteiger partial charge in [0.15, 0.2) is 0 Å². The molecule has 0 aromatic heterocycles. The first-order valence-electron chi connectivity index (χ1n) is 3.64. The minimum absolute atomic E-state index is 0.0677. The lowest BCUT2D eigenvalue weighted by Gasteiger charge is -1.94. The fraction of sp³-hybridized carbons (Fsp3) is 0.625. The minimum Gasteiger partial charge on any atom is -0.469 e. The first-order chi connectivity index (χ1) is 5.31. The van der Waals surface area contributed by atoms with Crippen molar-refractivity contribution >= 4 is 5.97 Å². The fourth-order valence-corrected chi connectivity index (χ4v) is 0.659. The number of hydrogen-bond donors (Lipinski definition) is 1. The van der Waals surface area contributed by atoms with Crippen LogP contribution in [0.2, 0.25) is 0 Å². The number of aliphatic hydroxyl groups excluding tert-OH is 1. The monoisotopic (exact) mass is 158 g/mol. The Morgan fingerprint density at radius 2 is 2.27 bits per heavy atom. The average Bonchev–Trinajstić information content (AvgIpc) is 2.04. The summed E-state index contributed by atoms with van der Waals surface area (Å²) >= 11 is 0. The van der Waals surface area contributed by atoms with E-state index in [0.717, 1.165) is 12.8 Å². The Bertz CT molecular complexity index is 129. The van der Waals surface area contributed by atoms with Gasteiger partial charge in [0.25, 0.3) is 0 Å². The van der Waals surface area contributed by atoms with Crippen LogP contribution >= 0.6 is 0 Å². The summed E-state index contributed by atoms with van der Waals surface area (Å²) in [5.41, 5.74) is 0. The van der Waals surface area contributed by atoms with Crippen molar-refractivity contribution in [3.8, 4) is 0 Å². The van der Waals surface area contributed by atoms with E-state index in [1.165, 1.54) is 7.11 Å². The molecule has 3 nitrogen and oxygen atoms in total. The van der Waals surface area contributed by atoms with E-state index in [9.17, 15) is 4.79 Å². The predicted octanol–water partition coefficient (Wildman–Crippen LogP) is 0.878. The molecule has 3 heteroatoms. The molecule has 0 aliphatic heterocycles. The Morgan fingerprint density at radius 1 is 1.55 bits per heavy atom. The van der Waals surface area contributed by atoms with Gasteiger partial charge in [0.05, 0.1) is 13.7 Å². The summed E-state index contributed by atoms with van der Waals surface area (Å²) in [7, 11) is 1.38. The van der Waals surface area contributed by atoms with E-state index in [-0.39, 0.29) is 12.6 Å². The maximum atomic E-state index is 10.5. The van der Waals surface area contributed by atoms with Gasteiger partial charge >= 0.3 is 5.97 Å². The molecule has 0 fully saturated rings. The number of carbonyl (C=O) groups excluding carboxylic acids is 1. The quantitative estimate of drug-likeness (QED) is 0.367. The van der Waals surface area contributed by atoms with Crippen LogP contribution in [0.4, 0.5) is 0 Å². The van der Waals surface area contributed by atoms with Gasteiger partial charge in [0, 0.05) is 6.42 Å². The summed E-state index contributed by atoms with van der Waals surface area (Å²) in [6.45, 7) is 0.0677. The van der Waals surface area contributed by atoms with Crippen molar-refractivity contribution in [3.63, 3.8) is 0 Å². The van der Waals surface area contributed by atoms with Crippen LogP contribution in [0.3, 0.4) is 0 Å². The van der Waals surface area contributed by atoms with Gasteiger partial charge < -0.3 is 9.84 Å². The maximum Gasteiger partial charge on any atom is 0.305 e. The second-order valence-electron chi connectivity index (χ2n) is 2.12. The van der Waals surface area contributed by atoms with Gasteiger partial charge in [-0.25, -0.2) is 0 Å². The van der Waals surface area contributed by atoms with Gasteiger partial charge in [-0.05, 0) is 12.8 Å². The van der Waals surface area contributed by atoms with E-state index >= 15 is 0 Å². The molecule has 0 unspecified atom stereocenters. The summed E-state index contributed by atoms with van der Waals surface area (Å²) < 4.78 is 4.44. The molecular formula is C8H14O3. The van der Waals surface area contributed by atoms with E-state index in [1.807, 2.05) is 6.08 Å². The number of esters is 1. The first-order valence-corrected chi connectivity index (χ1v) is 3.64. The Hall–Kier alpha value is -0.830. The van der Waals surface area contributed by atoms with E-state index in [2.05, 4.69) is 4.74 Å². The molecule has 0 radical (unpaired) electrons. The number of ether oxygens (including phenoxy) is 1. The van der Waals surface area contributed by atoms with Gasteiger partial charge in [-0.1, -0.05) is 12.2 Å². The van der Waals surface area contributed by atoms with Crippen molar-refractivity contribution in [1.82, 2.24) is 0 Å². The Labute approximate surface area is 66.7 Å². The van der Waals surface area contributed by atoms with E-state index in [1.54, 1.807) is 6.08 Å². The third kappa shape index (κ3) is 7.06. The van der Waals surface area contributed by atoms with Gasteiger partial charge in [0.2, 0.25) is 0 Å². The third-order valence-electron chi connectivity index (χ3n) is 1.25. The molecule has 0 rings (SSSR count). The lowest BCUT2D eigenvalue weighted by atomic mass is 10.2. The molecule has 0 saturated heterocycles. The maximum absolute atomic E-state index is 10.5. The standard InChI is InChI=1S/C8H14O3/c1-11-8(10)6-4-2-3-5-7-9/h3,5,9H,2,4,6-7H2,1H3/b5-3+. The molecule has 0 saturated carbocycles. The lowest BCUT2D eigenvalue weighted by molar-refractivity contribution is -0.140. The second-order valence-corrected chi connectivity index (χ2v) is 2.12. The molecule has 0 atom stereocenters. The SMILES string of the molecule is COC(=O)CCC/C=C/CO. The predicted molar refractivity (Wildman–Crippen MR) is 42.1 cm³/mol. The zero-order chi connectivity index (χ0) is 8.53. The van der Waals surface area contributed by atoms with Gasteiger partial charge in [0.1, 0.15) is 0 Å². The molecular weight excluding hydrogens is 144 g/mol. The van der Waals surface area contributed by atoms with Crippen molar-refractivity contribution in [3.05, 3.63) is 12.2 Å². The van der Waals surface area contributed by atoms with Crippen molar-refractivity contribution < 1.29 is 14.6 Å². The number of aliphatic hydroxyl groups is 1. The summed E-state index contributed by atoms with van der Waals surface area (Å²) in [6.07, 6.45) is 5.56. The first kappa shape index (κ1) is 10.2. The average molecular weight is 158 g/mol. The zero-order valence-electron chi connectivity index (χ0n) is 6.75. The number of hydrogen-bond acceptors (Lipinski definition) is 3. The molecule has 0 spiro atoms. The molecule has 0 aromatic carbocycles. The summed E-state index contributed by atoms with van der Waals surface area (Å²) in [4.78, 5) is 10.5. The van der Waals surface area contributed by atoms with E-state index in [4.69, 9.17) is 5.11 Å². The highest BCUT2D eigenvalue weighted by Crippen LogP contribution is 1.97. The van der Waals surface area contributed by atoms with Crippen LogP contribution in [-0.4, -0.2) is 24.8 Å². The molecule has 0 amide bonds. The van der Waals surface area contributed by atoms with Crippen LogP contribution in [0.15, 0.2) is 12.2 Å². The van der Waals surface area contributed by atoms with E-state index in [0.29, 0.717) is 6.42 Å². The number of unbranched alkanes of at least 4 members (excludes halogenated alkanes) is 1. The number of methoxy groups -OCH3 is 1. The highest BCUT2D eigenvalue weighted by atomic mass is 16.5. The van der Waals surface area contributed by atoms with Crippen LogP contribution in [0, 0.1) is 0 Å². The summed E-state index contributed by atoms with van der Waals surface area (Å²) in [6, 6.07) is 0. The zero-order valence-corrected chi connectivity index (χ0v) is 6.75. The number of allylic oxidation sites excluding steroid dienone is 1. The second kappa shape index (κ2) is 7.28. The number of rotatable bonds is 5. The molecule has 11 heavy (non-hydrogen) atoms. The normalized spacial score (nSPS) is 10.4. The van der Waals surface area contributed by atoms with Crippen LogP contribution in [0.1, 0.15) is 19.3 Å². The van der Waals surface area contributed by atoms with Gasteiger partial charge in [-0.3, -0.25) is 4.79 Å². The lowest BCUT2D eigenvalue weighted by Crippen LogP contribution is -1.98. The Morgan fingerprint density at radius 3 is 2.82 bits per heavy atom. The fourth-order valence-electron chi connectivity index (χ4n) is 0.659. The Balaban J connectivity index is 3.14. The van der Waals surface area contributed by atoms with Crippen LogP contribution in [-0.2, 0) is 9.53 Å². The highest BCUT2D eigenvalue weighted by molar-refractivity contribution is 5.68. The van der Waals surface area contributed by atoms with Gasteiger partial charge in [-0.2, -0.15) is 0 Å². The van der Waals surface area contributed by atoms with Crippen LogP contribution < -0.4 is 0 Å². The topological polar surface area (TPSA) is 46.5 Å². The van der Waals surface area contributed by atoms with Crippen molar-refractivity contribution in [2.75, 3.05) is 13.7 Å². The molecule has 1 N–H and O–H groups in total. The molecule has 0 bridgehead atoms. The van der Waals surface area contributed by atoms with Crippen molar-refractivity contribution in [2.24, 2.45) is 0 Å². The Kier molecular flexibility index (Phi) is 6.73. The van der Waals surface area contributed by atoms with Crippen molar-refractivity contribution in [1.29, 1.82) is 0 Å². The molecule has 0 aliphatic rings. The minimum atomic E-state index is -0.178. The van der Waals surface area contributed by atoms with Crippen molar-refractivity contribution in [2.45, 2.75) is 19.3 Å². The van der Waals surface area contributed by atoms with Crippen LogP contribution in [0.5, 0.6) is 0 Å². The van der Waals surface area contributed by atoms with E-state index < -0.39 is 0 Å². The smallest absolute Gasteiger partial charge is 0.305 e. The molecule has 0 aromatic rings. The highest BCUT2D eigenvalue weighted by Gasteiger charge is 1.96. The molecule has 0 heterocycles. The molecule has 64 valence electrons.